The number of isocyanates is 1. The molecule has 13 heavy (non-hydrogen) atoms. The standard InChI is InChI=1S/C9H7NO3/c11-6-10-8-3-1-7(2-4-8)5-9(12)13/h1-4H,5H2,(H,12,13). The van der Waals surface area contributed by atoms with Crippen molar-refractivity contribution in [2.24, 2.45) is 4.99 Å². The fourth-order valence-corrected chi connectivity index (χ4v) is 0.916. The second-order valence-corrected chi connectivity index (χ2v) is 2.44. The quantitative estimate of drug-likeness (QED) is 0.558. The van der Waals surface area contributed by atoms with Gasteiger partial charge in [-0.2, -0.15) is 4.99 Å². The lowest BCUT2D eigenvalue weighted by Gasteiger charge is -1.95. The fraction of sp³-hybridized carbons (Fsp3) is 0.111. The topological polar surface area (TPSA) is 66.7 Å². The van der Waals surface area contributed by atoms with E-state index in [9.17, 15) is 9.59 Å². The van der Waals surface area contributed by atoms with Crippen LogP contribution in [0.3, 0.4) is 0 Å². The van der Waals surface area contributed by atoms with Gasteiger partial charge in [0, 0.05) is 0 Å². The number of carboxylic acids is 1. The SMILES string of the molecule is O=C=Nc1ccc(CC(=O)O)cc1. The number of rotatable bonds is 3. The van der Waals surface area contributed by atoms with Crippen LogP contribution in [0.15, 0.2) is 29.3 Å². The number of hydrogen-bond donors (Lipinski definition) is 1. The minimum absolute atomic E-state index is 0.0227. The summed E-state index contributed by atoms with van der Waals surface area (Å²) in [6.07, 6.45) is 1.38. The first kappa shape index (κ1) is 9.16. The third-order valence-electron chi connectivity index (χ3n) is 1.47. The van der Waals surface area contributed by atoms with Crippen molar-refractivity contribution in [2.75, 3.05) is 0 Å². The number of carboxylic acid groups (broad SMARTS) is 1. The molecule has 4 nitrogen and oxygen atoms in total. The molecule has 0 saturated carbocycles. The second-order valence-electron chi connectivity index (χ2n) is 2.44. The van der Waals surface area contributed by atoms with Gasteiger partial charge in [0.15, 0.2) is 0 Å². The molecule has 0 aromatic heterocycles. The molecule has 1 rings (SSSR count). The monoisotopic (exact) mass is 177 g/mol. The zero-order chi connectivity index (χ0) is 9.68. The Balaban J connectivity index is 2.80. The number of nitrogens with zero attached hydrogens (tertiary/aromatic N) is 1. The van der Waals surface area contributed by atoms with Crippen LogP contribution in [0.1, 0.15) is 5.56 Å². The van der Waals surface area contributed by atoms with Gasteiger partial charge in [-0.3, -0.25) is 4.79 Å². The van der Waals surface area contributed by atoms with Crippen LogP contribution in [0, 0.1) is 0 Å². The first-order valence-corrected chi connectivity index (χ1v) is 3.61. The molecule has 0 amide bonds. The van der Waals surface area contributed by atoms with E-state index in [4.69, 9.17) is 5.11 Å². The van der Waals surface area contributed by atoms with E-state index < -0.39 is 5.97 Å². The van der Waals surface area contributed by atoms with Gasteiger partial charge in [-0.1, -0.05) is 12.1 Å². The van der Waals surface area contributed by atoms with Crippen molar-refractivity contribution in [2.45, 2.75) is 6.42 Å². The van der Waals surface area contributed by atoms with Gasteiger partial charge in [0.1, 0.15) is 0 Å². The van der Waals surface area contributed by atoms with E-state index in [1.54, 1.807) is 24.3 Å². The van der Waals surface area contributed by atoms with Crippen molar-refractivity contribution in [3.8, 4) is 0 Å². The van der Waals surface area contributed by atoms with E-state index in [1.165, 1.54) is 6.08 Å². The average Bonchev–Trinajstić information content (AvgIpc) is 2.08. The maximum atomic E-state index is 10.3. The molecular formula is C9H7NO3. The van der Waals surface area contributed by atoms with Gasteiger partial charge in [-0.25, -0.2) is 4.79 Å². The first-order valence-electron chi connectivity index (χ1n) is 3.61. The largest absolute Gasteiger partial charge is 0.481 e. The smallest absolute Gasteiger partial charge is 0.307 e. The van der Waals surface area contributed by atoms with Crippen molar-refractivity contribution >= 4 is 17.7 Å². The van der Waals surface area contributed by atoms with Crippen LogP contribution in [0.4, 0.5) is 5.69 Å². The van der Waals surface area contributed by atoms with Crippen LogP contribution in [-0.4, -0.2) is 17.2 Å². The minimum Gasteiger partial charge on any atom is -0.481 e. The van der Waals surface area contributed by atoms with E-state index >= 15 is 0 Å². The zero-order valence-corrected chi connectivity index (χ0v) is 6.73. The van der Waals surface area contributed by atoms with E-state index in [0.717, 1.165) is 0 Å². The summed E-state index contributed by atoms with van der Waals surface area (Å²) in [7, 11) is 0. The van der Waals surface area contributed by atoms with Gasteiger partial charge in [-0.15, -0.1) is 0 Å². The summed E-state index contributed by atoms with van der Waals surface area (Å²) >= 11 is 0. The molecule has 1 aromatic carbocycles. The molecule has 0 bridgehead atoms. The first-order chi connectivity index (χ1) is 6.22. The van der Waals surface area contributed by atoms with E-state index in [1.807, 2.05) is 0 Å². The molecule has 0 aliphatic rings. The highest BCUT2D eigenvalue weighted by Crippen LogP contribution is 2.12. The van der Waals surface area contributed by atoms with Crippen molar-refractivity contribution in [3.05, 3.63) is 29.8 Å². The number of carbonyl (C=O) groups excluding carboxylic acids is 1. The van der Waals surface area contributed by atoms with Crippen LogP contribution in [-0.2, 0) is 16.0 Å². The molecule has 0 atom stereocenters. The molecule has 0 unspecified atom stereocenters. The summed E-state index contributed by atoms with van der Waals surface area (Å²) in [5.41, 5.74) is 1.15. The van der Waals surface area contributed by atoms with E-state index in [-0.39, 0.29) is 6.42 Å². The maximum Gasteiger partial charge on any atom is 0.307 e. The number of carbonyl (C=O) groups is 1. The van der Waals surface area contributed by atoms with Crippen LogP contribution in [0.2, 0.25) is 0 Å². The zero-order valence-electron chi connectivity index (χ0n) is 6.73. The minimum atomic E-state index is -0.883. The summed E-state index contributed by atoms with van der Waals surface area (Å²) in [4.78, 5) is 23.5. The van der Waals surface area contributed by atoms with Gasteiger partial charge in [0.05, 0.1) is 12.1 Å². The Kier molecular flexibility index (Phi) is 2.95. The van der Waals surface area contributed by atoms with Crippen molar-refractivity contribution in [1.82, 2.24) is 0 Å². The molecule has 0 heterocycles. The number of aliphatic imine (C=N–C) groups is 1. The molecule has 66 valence electrons. The van der Waals surface area contributed by atoms with E-state index in [2.05, 4.69) is 4.99 Å². The third kappa shape index (κ3) is 2.89. The van der Waals surface area contributed by atoms with Crippen LogP contribution in [0.25, 0.3) is 0 Å². The lowest BCUT2D eigenvalue weighted by molar-refractivity contribution is -0.136. The van der Waals surface area contributed by atoms with Gasteiger partial charge >= 0.3 is 5.97 Å². The Bertz CT molecular complexity index is 350. The number of benzene rings is 1. The molecule has 1 N–H and O–H groups in total. The third-order valence-corrected chi connectivity index (χ3v) is 1.47. The second kappa shape index (κ2) is 4.18. The molecule has 4 heteroatoms. The lowest BCUT2D eigenvalue weighted by Crippen LogP contribution is -1.99. The Morgan fingerprint density at radius 2 is 2.00 bits per heavy atom. The average molecular weight is 177 g/mol. The predicted molar refractivity (Wildman–Crippen MR) is 45.6 cm³/mol. The molecule has 0 aliphatic heterocycles. The lowest BCUT2D eigenvalue weighted by atomic mass is 10.1. The number of hydrogen-bond acceptors (Lipinski definition) is 3. The van der Waals surface area contributed by atoms with Crippen molar-refractivity contribution < 1.29 is 14.7 Å². The van der Waals surface area contributed by atoms with Crippen LogP contribution in [0.5, 0.6) is 0 Å². The Labute approximate surface area is 74.5 Å². The van der Waals surface area contributed by atoms with Gasteiger partial charge in [0.25, 0.3) is 0 Å². The fourth-order valence-electron chi connectivity index (χ4n) is 0.916. The van der Waals surface area contributed by atoms with Gasteiger partial charge in [-0.05, 0) is 17.7 Å². The van der Waals surface area contributed by atoms with Crippen LogP contribution < -0.4 is 0 Å². The highest BCUT2D eigenvalue weighted by Gasteiger charge is 1.99. The van der Waals surface area contributed by atoms with Gasteiger partial charge in [0.2, 0.25) is 6.08 Å². The summed E-state index contributed by atoms with van der Waals surface area (Å²) < 4.78 is 0. The highest BCUT2D eigenvalue weighted by atomic mass is 16.4. The van der Waals surface area contributed by atoms with Gasteiger partial charge < -0.3 is 5.11 Å². The summed E-state index contributed by atoms with van der Waals surface area (Å²) in [5.74, 6) is -0.883. The normalized spacial score (nSPS) is 8.92. The Morgan fingerprint density at radius 1 is 1.38 bits per heavy atom. The number of aliphatic carboxylic acids is 1. The molecule has 0 saturated heterocycles. The summed E-state index contributed by atoms with van der Waals surface area (Å²) in [5, 5.41) is 8.45. The predicted octanol–water partition coefficient (Wildman–Crippen LogP) is 1.28. The van der Waals surface area contributed by atoms with E-state index in [0.29, 0.717) is 11.3 Å². The molecular weight excluding hydrogens is 170 g/mol. The van der Waals surface area contributed by atoms with Crippen molar-refractivity contribution in [3.63, 3.8) is 0 Å². The van der Waals surface area contributed by atoms with Crippen LogP contribution >= 0.6 is 0 Å². The highest BCUT2D eigenvalue weighted by molar-refractivity contribution is 5.70. The maximum absolute atomic E-state index is 10.3. The molecule has 0 radical (unpaired) electrons. The molecule has 0 aliphatic carbocycles. The Hall–Kier alpha value is -1.93. The summed E-state index contributed by atoms with van der Waals surface area (Å²) in [6.45, 7) is 0. The van der Waals surface area contributed by atoms with Crippen molar-refractivity contribution in [1.29, 1.82) is 0 Å². The molecule has 0 spiro atoms. The molecule has 1 aromatic rings. The Morgan fingerprint density at radius 3 is 2.46 bits per heavy atom. The summed E-state index contributed by atoms with van der Waals surface area (Å²) in [6, 6.07) is 6.38. The molecule has 0 fully saturated rings.